The van der Waals surface area contributed by atoms with Gasteiger partial charge in [-0.15, -0.1) is 0 Å². The second-order valence-electron chi connectivity index (χ2n) is 6.64. The molecule has 1 saturated carbocycles. The van der Waals surface area contributed by atoms with Gasteiger partial charge in [-0.05, 0) is 43.6 Å². The van der Waals surface area contributed by atoms with Crippen LogP contribution in [-0.4, -0.2) is 30.1 Å². The number of hydrogen-bond donors (Lipinski definition) is 1. The van der Waals surface area contributed by atoms with Gasteiger partial charge in [0.2, 0.25) is 0 Å². The Balaban J connectivity index is 2.83. The minimum atomic E-state index is 0.269. The molecule has 108 valence electrons. The molecule has 2 nitrogen and oxygen atoms in total. The molecule has 1 fully saturated rings. The molecule has 0 spiro atoms. The van der Waals surface area contributed by atoms with Crippen LogP contribution in [0.25, 0.3) is 0 Å². The molecule has 0 saturated heterocycles. The first-order valence-corrected chi connectivity index (χ1v) is 7.95. The van der Waals surface area contributed by atoms with Crippen molar-refractivity contribution in [1.29, 1.82) is 0 Å². The number of hydrogen-bond acceptors (Lipinski definition) is 2. The SMILES string of the molecule is CCC(C)CN(CC)C1(CN)CCC(C)CC1C. The van der Waals surface area contributed by atoms with Gasteiger partial charge in [-0.3, -0.25) is 4.90 Å². The molecule has 2 N–H and O–H groups in total. The number of nitrogens with two attached hydrogens (primary N) is 1. The van der Waals surface area contributed by atoms with Crippen molar-refractivity contribution in [2.24, 2.45) is 23.5 Å². The van der Waals surface area contributed by atoms with Gasteiger partial charge in [-0.1, -0.05) is 41.0 Å². The molecule has 0 aliphatic heterocycles. The predicted octanol–water partition coefficient (Wildman–Crippen LogP) is 3.51. The second kappa shape index (κ2) is 6.91. The first-order chi connectivity index (χ1) is 8.50. The van der Waals surface area contributed by atoms with E-state index >= 15 is 0 Å². The molecule has 0 bridgehead atoms. The Kier molecular flexibility index (Phi) is 6.13. The predicted molar refractivity (Wildman–Crippen MR) is 80.7 cm³/mol. The van der Waals surface area contributed by atoms with Crippen molar-refractivity contribution in [3.05, 3.63) is 0 Å². The molecule has 0 aromatic heterocycles. The fourth-order valence-electron chi connectivity index (χ4n) is 3.72. The Morgan fingerprint density at radius 1 is 1.33 bits per heavy atom. The van der Waals surface area contributed by atoms with Crippen LogP contribution in [0.1, 0.15) is 60.3 Å². The van der Waals surface area contributed by atoms with Gasteiger partial charge < -0.3 is 5.73 Å². The third-order valence-corrected chi connectivity index (χ3v) is 5.34. The number of nitrogens with zero attached hydrogens (tertiary/aromatic N) is 1. The topological polar surface area (TPSA) is 29.3 Å². The zero-order chi connectivity index (χ0) is 13.8. The van der Waals surface area contributed by atoms with E-state index in [-0.39, 0.29) is 5.54 Å². The lowest BCUT2D eigenvalue weighted by Gasteiger charge is -2.52. The lowest BCUT2D eigenvalue weighted by atomic mass is 9.68. The van der Waals surface area contributed by atoms with Crippen molar-refractivity contribution in [3.63, 3.8) is 0 Å². The molecule has 0 radical (unpaired) electrons. The summed E-state index contributed by atoms with van der Waals surface area (Å²) in [6, 6.07) is 0. The molecule has 1 rings (SSSR count). The maximum atomic E-state index is 6.23. The summed E-state index contributed by atoms with van der Waals surface area (Å²) < 4.78 is 0. The number of rotatable bonds is 6. The normalized spacial score (nSPS) is 34.8. The molecule has 0 aromatic rings. The van der Waals surface area contributed by atoms with Gasteiger partial charge in [0, 0.05) is 18.6 Å². The van der Waals surface area contributed by atoms with E-state index in [1.165, 1.54) is 32.2 Å². The summed E-state index contributed by atoms with van der Waals surface area (Å²) in [6.45, 7) is 14.9. The highest BCUT2D eigenvalue weighted by Gasteiger charge is 2.43. The summed E-state index contributed by atoms with van der Waals surface area (Å²) in [5.41, 5.74) is 6.49. The van der Waals surface area contributed by atoms with Crippen molar-refractivity contribution in [2.45, 2.75) is 65.8 Å². The Hall–Kier alpha value is -0.0800. The first-order valence-electron chi connectivity index (χ1n) is 7.95. The summed E-state index contributed by atoms with van der Waals surface area (Å²) in [6.07, 6.45) is 5.24. The third-order valence-electron chi connectivity index (χ3n) is 5.34. The van der Waals surface area contributed by atoms with Crippen molar-refractivity contribution in [1.82, 2.24) is 4.90 Å². The first kappa shape index (κ1) is 16.0. The second-order valence-corrected chi connectivity index (χ2v) is 6.64. The molecular weight excluding hydrogens is 220 g/mol. The van der Waals surface area contributed by atoms with E-state index in [1.807, 2.05) is 0 Å². The summed E-state index contributed by atoms with van der Waals surface area (Å²) in [5.74, 6) is 2.39. The molecular formula is C16H34N2. The van der Waals surface area contributed by atoms with Crippen LogP contribution in [-0.2, 0) is 0 Å². The van der Waals surface area contributed by atoms with Crippen LogP contribution in [0.5, 0.6) is 0 Å². The quantitative estimate of drug-likeness (QED) is 0.786. The summed E-state index contributed by atoms with van der Waals surface area (Å²) >= 11 is 0. The molecule has 4 unspecified atom stereocenters. The highest BCUT2D eigenvalue weighted by molar-refractivity contribution is 4.99. The highest BCUT2D eigenvalue weighted by atomic mass is 15.2. The molecule has 2 heteroatoms. The van der Waals surface area contributed by atoms with Gasteiger partial charge in [0.15, 0.2) is 0 Å². The molecule has 0 amide bonds. The van der Waals surface area contributed by atoms with Gasteiger partial charge in [0.1, 0.15) is 0 Å². The fourth-order valence-corrected chi connectivity index (χ4v) is 3.72. The van der Waals surface area contributed by atoms with Gasteiger partial charge in [-0.25, -0.2) is 0 Å². The Bertz CT molecular complexity index is 241. The van der Waals surface area contributed by atoms with Crippen LogP contribution in [0.2, 0.25) is 0 Å². The fraction of sp³-hybridized carbons (Fsp3) is 1.00. The van der Waals surface area contributed by atoms with Crippen LogP contribution >= 0.6 is 0 Å². The van der Waals surface area contributed by atoms with E-state index < -0.39 is 0 Å². The van der Waals surface area contributed by atoms with Crippen molar-refractivity contribution < 1.29 is 0 Å². The van der Waals surface area contributed by atoms with Crippen molar-refractivity contribution in [2.75, 3.05) is 19.6 Å². The van der Waals surface area contributed by atoms with E-state index in [1.54, 1.807) is 0 Å². The van der Waals surface area contributed by atoms with Crippen molar-refractivity contribution >= 4 is 0 Å². The van der Waals surface area contributed by atoms with Crippen LogP contribution in [0.15, 0.2) is 0 Å². The van der Waals surface area contributed by atoms with E-state index in [0.717, 1.165) is 30.8 Å². The monoisotopic (exact) mass is 254 g/mol. The average Bonchev–Trinajstić information content (AvgIpc) is 2.37. The molecule has 18 heavy (non-hydrogen) atoms. The molecule has 0 aromatic carbocycles. The minimum Gasteiger partial charge on any atom is -0.329 e. The maximum absolute atomic E-state index is 6.23. The Morgan fingerprint density at radius 2 is 2.00 bits per heavy atom. The minimum absolute atomic E-state index is 0.269. The van der Waals surface area contributed by atoms with Gasteiger partial charge in [0.25, 0.3) is 0 Å². The zero-order valence-electron chi connectivity index (χ0n) is 13.2. The van der Waals surface area contributed by atoms with Crippen LogP contribution in [0.3, 0.4) is 0 Å². The molecule has 4 atom stereocenters. The average molecular weight is 254 g/mol. The molecule has 1 aliphatic carbocycles. The Labute approximate surface area is 114 Å². The third kappa shape index (κ3) is 3.27. The lowest BCUT2D eigenvalue weighted by molar-refractivity contribution is -0.00551. The van der Waals surface area contributed by atoms with Crippen LogP contribution in [0, 0.1) is 17.8 Å². The van der Waals surface area contributed by atoms with Crippen molar-refractivity contribution in [3.8, 4) is 0 Å². The van der Waals surface area contributed by atoms with Gasteiger partial charge in [-0.2, -0.15) is 0 Å². The van der Waals surface area contributed by atoms with E-state index in [9.17, 15) is 0 Å². The van der Waals surface area contributed by atoms with E-state index in [4.69, 9.17) is 5.73 Å². The van der Waals surface area contributed by atoms with Crippen LogP contribution in [0.4, 0.5) is 0 Å². The Morgan fingerprint density at radius 3 is 2.44 bits per heavy atom. The standard InChI is InChI=1S/C16H34N2/c1-6-13(3)11-18(7-2)16(12-17)9-8-14(4)10-15(16)5/h13-15H,6-12,17H2,1-5H3. The maximum Gasteiger partial charge on any atom is 0.0357 e. The van der Waals surface area contributed by atoms with Crippen LogP contribution < -0.4 is 5.73 Å². The van der Waals surface area contributed by atoms with E-state index in [0.29, 0.717) is 0 Å². The highest BCUT2D eigenvalue weighted by Crippen LogP contribution is 2.40. The molecule has 0 heterocycles. The summed E-state index contributed by atoms with van der Waals surface area (Å²) in [7, 11) is 0. The van der Waals surface area contributed by atoms with Gasteiger partial charge in [0.05, 0.1) is 0 Å². The van der Waals surface area contributed by atoms with Gasteiger partial charge >= 0.3 is 0 Å². The largest absolute Gasteiger partial charge is 0.329 e. The summed E-state index contributed by atoms with van der Waals surface area (Å²) in [5, 5.41) is 0. The number of likely N-dealkylation sites (N-methyl/N-ethyl adjacent to an activating group) is 1. The zero-order valence-corrected chi connectivity index (χ0v) is 13.2. The van der Waals surface area contributed by atoms with E-state index in [2.05, 4.69) is 39.5 Å². The smallest absolute Gasteiger partial charge is 0.0357 e. The molecule has 1 aliphatic rings. The lowest BCUT2D eigenvalue weighted by Crippen LogP contribution is -2.60. The summed E-state index contributed by atoms with van der Waals surface area (Å²) in [4.78, 5) is 2.69.